The maximum absolute atomic E-state index is 13.6. The monoisotopic (exact) mass is 432 g/mol. The van der Waals surface area contributed by atoms with Crippen LogP contribution >= 0.6 is 0 Å². The zero-order valence-electron chi connectivity index (χ0n) is 17.9. The predicted molar refractivity (Wildman–Crippen MR) is 128 cm³/mol. The first-order valence-corrected chi connectivity index (χ1v) is 10.8. The molecule has 0 amide bonds. The zero-order chi connectivity index (χ0) is 22.6. The molecule has 1 aliphatic rings. The molecule has 3 nitrogen and oxygen atoms in total. The lowest BCUT2D eigenvalue weighted by Gasteiger charge is -2.21. The number of nitrogens with zero attached hydrogens (tertiary/aromatic N) is 2. The molecule has 0 saturated heterocycles. The van der Waals surface area contributed by atoms with Crippen molar-refractivity contribution < 1.29 is 9.13 Å². The van der Waals surface area contributed by atoms with E-state index in [4.69, 9.17) is 9.73 Å². The van der Waals surface area contributed by atoms with Crippen molar-refractivity contribution in [3.8, 4) is 22.9 Å². The molecule has 1 atom stereocenters. The van der Waals surface area contributed by atoms with Crippen LogP contribution in [0.25, 0.3) is 11.1 Å². The molecular formula is C29H21FN2O. The smallest absolute Gasteiger partial charge is 0.141 e. The van der Waals surface area contributed by atoms with Crippen LogP contribution in [0.1, 0.15) is 22.3 Å². The highest BCUT2D eigenvalue weighted by Crippen LogP contribution is 2.38. The molecule has 33 heavy (non-hydrogen) atoms. The Morgan fingerprint density at radius 2 is 1.55 bits per heavy atom. The van der Waals surface area contributed by atoms with Gasteiger partial charge >= 0.3 is 0 Å². The minimum absolute atomic E-state index is 0.264. The van der Waals surface area contributed by atoms with E-state index in [2.05, 4.69) is 6.07 Å². The van der Waals surface area contributed by atoms with Crippen LogP contribution in [0, 0.1) is 17.1 Å². The molecule has 5 rings (SSSR count). The van der Waals surface area contributed by atoms with E-state index in [-0.39, 0.29) is 5.82 Å². The van der Waals surface area contributed by atoms with Crippen LogP contribution in [-0.2, 0) is 13.0 Å². The van der Waals surface area contributed by atoms with Gasteiger partial charge in [0.05, 0.1) is 11.8 Å². The number of halogens is 1. The summed E-state index contributed by atoms with van der Waals surface area (Å²) in [7, 11) is 0. The zero-order valence-corrected chi connectivity index (χ0v) is 17.9. The third-order valence-electron chi connectivity index (χ3n) is 5.74. The number of hydrogen-bond donors (Lipinski definition) is 0. The van der Waals surface area contributed by atoms with Gasteiger partial charge in [0.1, 0.15) is 24.2 Å². The molecule has 1 unspecified atom stereocenters. The summed E-state index contributed by atoms with van der Waals surface area (Å²) in [5.41, 5.74) is 6.47. The van der Waals surface area contributed by atoms with E-state index in [0.717, 1.165) is 44.8 Å². The Morgan fingerprint density at radius 1 is 0.879 bits per heavy atom. The van der Waals surface area contributed by atoms with E-state index in [1.807, 2.05) is 78.9 Å². The highest BCUT2D eigenvalue weighted by molar-refractivity contribution is 6.13. The normalized spacial score (nSPS) is 12.5. The van der Waals surface area contributed by atoms with Crippen LogP contribution in [0.5, 0.6) is 5.75 Å². The summed E-state index contributed by atoms with van der Waals surface area (Å²) in [6, 6.07) is 32.4. The van der Waals surface area contributed by atoms with Crippen molar-refractivity contribution in [2.75, 3.05) is 0 Å². The number of ether oxygens (including phenoxy) is 1. The summed E-state index contributed by atoms with van der Waals surface area (Å²) in [5, 5.41) is 9.90. The molecule has 0 bridgehead atoms. The second-order valence-corrected chi connectivity index (χ2v) is 7.98. The summed E-state index contributed by atoms with van der Waals surface area (Å²) >= 11 is 0. The molecule has 160 valence electrons. The first-order valence-electron chi connectivity index (χ1n) is 10.8. The average Bonchev–Trinajstić information content (AvgIpc) is 2.87. The van der Waals surface area contributed by atoms with E-state index in [1.165, 1.54) is 12.1 Å². The second-order valence-electron chi connectivity index (χ2n) is 7.98. The minimum atomic E-state index is -0.552. The number of nitriles is 1. The van der Waals surface area contributed by atoms with Gasteiger partial charge in [-0.1, -0.05) is 78.9 Å². The van der Waals surface area contributed by atoms with Gasteiger partial charge in [0.25, 0.3) is 0 Å². The highest BCUT2D eigenvalue weighted by atomic mass is 19.1. The molecule has 1 heterocycles. The fraction of sp³-hybridized carbons (Fsp3) is 0.103. The Bertz CT molecular complexity index is 1320. The first kappa shape index (κ1) is 20.7. The molecule has 1 aliphatic heterocycles. The van der Waals surface area contributed by atoms with Crippen molar-refractivity contribution in [3.05, 3.63) is 125 Å². The minimum Gasteiger partial charge on any atom is -0.488 e. The largest absolute Gasteiger partial charge is 0.488 e. The molecule has 4 aromatic rings. The number of benzene rings is 4. The lowest BCUT2D eigenvalue weighted by Crippen LogP contribution is -2.13. The van der Waals surface area contributed by atoms with Gasteiger partial charge in [-0.15, -0.1) is 0 Å². The summed E-state index contributed by atoms with van der Waals surface area (Å²) in [4.78, 5) is 4.86. The van der Waals surface area contributed by atoms with E-state index in [1.54, 1.807) is 6.07 Å². The van der Waals surface area contributed by atoms with Gasteiger partial charge in [0, 0.05) is 28.7 Å². The third kappa shape index (κ3) is 4.40. The Labute approximate surface area is 192 Å². The van der Waals surface area contributed by atoms with Gasteiger partial charge in [0.2, 0.25) is 0 Å². The van der Waals surface area contributed by atoms with E-state index >= 15 is 0 Å². The van der Waals surface area contributed by atoms with Gasteiger partial charge in [-0.2, -0.15) is 5.26 Å². The van der Waals surface area contributed by atoms with Crippen LogP contribution < -0.4 is 4.74 Å². The molecule has 0 aliphatic carbocycles. The Morgan fingerprint density at radius 3 is 2.21 bits per heavy atom. The third-order valence-corrected chi connectivity index (χ3v) is 5.74. The molecule has 0 aromatic heterocycles. The molecule has 0 saturated carbocycles. The van der Waals surface area contributed by atoms with Crippen LogP contribution in [-0.4, -0.2) is 11.8 Å². The van der Waals surface area contributed by atoms with Crippen LogP contribution in [0.15, 0.2) is 102 Å². The molecule has 4 heteroatoms. The average molecular weight is 432 g/mol. The predicted octanol–water partition coefficient (Wildman–Crippen LogP) is 6.36. The molecule has 0 N–H and O–H groups in total. The maximum Gasteiger partial charge on any atom is 0.141 e. The maximum atomic E-state index is 13.6. The SMILES string of the molecule is N#CC(Cc1ccc2c(c1)OCc1cc(F)ccc1-2)N=C(c1ccccc1)c1ccccc1. The van der Waals surface area contributed by atoms with Gasteiger partial charge in [-0.3, -0.25) is 4.99 Å². The van der Waals surface area contributed by atoms with Crippen LogP contribution in [0.3, 0.4) is 0 Å². The molecule has 4 aromatic carbocycles. The second kappa shape index (κ2) is 9.10. The summed E-state index contributed by atoms with van der Waals surface area (Å²) in [5.74, 6) is 0.485. The van der Waals surface area contributed by atoms with Crippen LogP contribution in [0.4, 0.5) is 4.39 Å². The van der Waals surface area contributed by atoms with Gasteiger partial charge in [-0.25, -0.2) is 4.39 Å². The van der Waals surface area contributed by atoms with Crippen molar-refractivity contribution in [3.63, 3.8) is 0 Å². The highest BCUT2D eigenvalue weighted by Gasteiger charge is 2.19. The Kier molecular flexibility index (Phi) is 5.70. The van der Waals surface area contributed by atoms with Gasteiger partial charge < -0.3 is 4.74 Å². The molecule has 0 radical (unpaired) electrons. The number of rotatable bonds is 5. The van der Waals surface area contributed by atoms with Crippen molar-refractivity contribution in [2.24, 2.45) is 4.99 Å². The first-order chi connectivity index (χ1) is 16.2. The standard InChI is InChI=1S/C29H21FN2O/c30-24-12-14-26-23(17-24)19-33-28-16-20(11-13-27(26)28)15-25(18-31)32-29(21-7-3-1-4-8-21)22-9-5-2-6-10-22/h1-14,16-17,25H,15,19H2. The topological polar surface area (TPSA) is 45.4 Å². The fourth-order valence-corrected chi connectivity index (χ4v) is 4.14. The summed E-state index contributed by atoms with van der Waals surface area (Å²) in [6.07, 6.45) is 0.465. The van der Waals surface area contributed by atoms with E-state index in [9.17, 15) is 9.65 Å². The van der Waals surface area contributed by atoms with E-state index < -0.39 is 6.04 Å². The quantitative estimate of drug-likeness (QED) is 0.345. The molecular weight excluding hydrogens is 411 g/mol. The van der Waals surface area contributed by atoms with Crippen molar-refractivity contribution in [1.82, 2.24) is 0 Å². The molecule has 0 fully saturated rings. The summed E-state index contributed by atoms with van der Waals surface area (Å²) < 4.78 is 19.5. The Hall–Kier alpha value is -4.23. The van der Waals surface area contributed by atoms with Crippen molar-refractivity contribution in [2.45, 2.75) is 19.1 Å². The number of aliphatic imine (C=N–C) groups is 1. The van der Waals surface area contributed by atoms with Crippen molar-refractivity contribution >= 4 is 5.71 Å². The lowest BCUT2D eigenvalue weighted by molar-refractivity contribution is 0.301. The van der Waals surface area contributed by atoms with Gasteiger partial charge in [0.15, 0.2) is 0 Å². The molecule has 0 spiro atoms. The van der Waals surface area contributed by atoms with E-state index in [0.29, 0.717) is 13.0 Å². The lowest BCUT2D eigenvalue weighted by atomic mass is 9.94. The number of fused-ring (bicyclic) bond motifs is 3. The van der Waals surface area contributed by atoms with Crippen molar-refractivity contribution in [1.29, 1.82) is 5.26 Å². The number of hydrogen-bond acceptors (Lipinski definition) is 3. The Balaban J connectivity index is 1.46. The van der Waals surface area contributed by atoms with Crippen LogP contribution in [0.2, 0.25) is 0 Å². The summed E-state index contributed by atoms with van der Waals surface area (Å²) in [6.45, 7) is 0.329. The fourth-order valence-electron chi connectivity index (χ4n) is 4.14. The van der Waals surface area contributed by atoms with Gasteiger partial charge in [-0.05, 0) is 29.3 Å².